The highest BCUT2D eigenvalue weighted by Crippen LogP contribution is 2.18. The minimum atomic E-state index is 0. The summed E-state index contributed by atoms with van der Waals surface area (Å²) in [5.41, 5.74) is 2.24. The zero-order valence-corrected chi connectivity index (χ0v) is 19.8. The van der Waals surface area contributed by atoms with Crippen LogP contribution < -0.4 is 15.0 Å². The van der Waals surface area contributed by atoms with E-state index in [-0.39, 0.29) is 24.0 Å². The quantitative estimate of drug-likeness (QED) is 0.342. The molecule has 0 aliphatic rings. The molecule has 0 aliphatic heterocycles. The second kappa shape index (κ2) is 12.4. The molecule has 0 aliphatic carbocycles. The SMILES string of the molecule is CCN(CC)c1ccc(CNC(=NC)N(C)Cc2ccccc2OC)cn1.I. The Morgan fingerprint density at radius 1 is 1.14 bits per heavy atom. The molecule has 0 radical (unpaired) electrons. The van der Waals surface area contributed by atoms with E-state index >= 15 is 0 Å². The maximum Gasteiger partial charge on any atom is 0.193 e. The van der Waals surface area contributed by atoms with Gasteiger partial charge in [-0.2, -0.15) is 0 Å². The van der Waals surface area contributed by atoms with Crippen molar-refractivity contribution in [2.75, 3.05) is 39.2 Å². The molecular formula is C21H32IN5O. The van der Waals surface area contributed by atoms with Crippen LogP contribution in [-0.2, 0) is 13.1 Å². The Bertz CT molecular complexity index is 732. The Kier molecular flexibility index (Phi) is 10.7. The molecule has 1 aromatic carbocycles. The number of hydrogen-bond donors (Lipinski definition) is 1. The first kappa shape index (κ1) is 24.0. The maximum absolute atomic E-state index is 5.44. The first-order valence-corrected chi connectivity index (χ1v) is 9.36. The predicted molar refractivity (Wildman–Crippen MR) is 128 cm³/mol. The van der Waals surface area contributed by atoms with E-state index < -0.39 is 0 Å². The monoisotopic (exact) mass is 497 g/mol. The molecule has 1 heterocycles. The van der Waals surface area contributed by atoms with Gasteiger partial charge in [-0.1, -0.05) is 24.3 Å². The molecule has 154 valence electrons. The molecule has 0 bridgehead atoms. The lowest BCUT2D eigenvalue weighted by atomic mass is 10.2. The third-order valence-electron chi connectivity index (χ3n) is 4.52. The Morgan fingerprint density at radius 3 is 2.43 bits per heavy atom. The zero-order chi connectivity index (χ0) is 19.6. The van der Waals surface area contributed by atoms with E-state index in [1.54, 1.807) is 14.2 Å². The van der Waals surface area contributed by atoms with Crippen LogP contribution in [0.3, 0.4) is 0 Å². The number of ether oxygens (including phenoxy) is 1. The highest BCUT2D eigenvalue weighted by molar-refractivity contribution is 14.0. The lowest BCUT2D eigenvalue weighted by Crippen LogP contribution is -2.38. The van der Waals surface area contributed by atoms with Gasteiger partial charge in [0.2, 0.25) is 0 Å². The van der Waals surface area contributed by atoms with Gasteiger partial charge in [-0.3, -0.25) is 4.99 Å². The summed E-state index contributed by atoms with van der Waals surface area (Å²) in [6, 6.07) is 12.2. The van der Waals surface area contributed by atoms with Gasteiger partial charge in [-0.25, -0.2) is 4.98 Å². The molecule has 0 amide bonds. The molecule has 7 heteroatoms. The van der Waals surface area contributed by atoms with Crippen LogP contribution in [0, 0.1) is 0 Å². The van der Waals surface area contributed by atoms with Gasteiger partial charge in [-0.15, -0.1) is 24.0 Å². The van der Waals surface area contributed by atoms with Gasteiger partial charge in [0.25, 0.3) is 0 Å². The van der Waals surface area contributed by atoms with E-state index in [0.717, 1.165) is 41.7 Å². The zero-order valence-electron chi connectivity index (χ0n) is 17.5. The van der Waals surface area contributed by atoms with Gasteiger partial charge in [0, 0.05) is 52.0 Å². The fraction of sp³-hybridized carbons (Fsp3) is 0.429. The van der Waals surface area contributed by atoms with Gasteiger partial charge in [0.15, 0.2) is 5.96 Å². The molecule has 28 heavy (non-hydrogen) atoms. The number of para-hydroxylation sites is 1. The average molecular weight is 497 g/mol. The summed E-state index contributed by atoms with van der Waals surface area (Å²) >= 11 is 0. The highest BCUT2D eigenvalue weighted by atomic mass is 127. The Hall–Kier alpha value is -2.03. The van der Waals surface area contributed by atoms with Gasteiger partial charge < -0.3 is 19.9 Å². The molecule has 0 spiro atoms. The number of aromatic nitrogens is 1. The Labute approximate surface area is 186 Å². The van der Waals surface area contributed by atoms with Crippen LogP contribution in [0.5, 0.6) is 5.75 Å². The second-order valence-electron chi connectivity index (χ2n) is 6.27. The van der Waals surface area contributed by atoms with Crippen LogP contribution in [0.15, 0.2) is 47.6 Å². The first-order chi connectivity index (χ1) is 13.1. The molecule has 2 rings (SSSR count). The number of benzene rings is 1. The molecule has 1 aromatic heterocycles. The highest BCUT2D eigenvalue weighted by Gasteiger charge is 2.10. The van der Waals surface area contributed by atoms with Crippen molar-refractivity contribution in [3.8, 4) is 5.75 Å². The molecule has 6 nitrogen and oxygen atoms in total. The smallest absolute Gasteiger partial charge is 0.193 e. The fourth-order valence-corrected chi connectivity index (χ4v) is 2.99. The van der Waals surface area contributed by atoms with Crippen molar-refractivity contribution in [2.24, 2.45) is 4.99 Å². The Balaban J connectivity index is 0.00000392. The molecule has 0 saturated carbocycles. The molecule has 1 N–H and O–H groups in total. The van der Waals surface area contributed by atoms with E-state index in [0.29, 0.717) is 13.1 Å². The molecule has 0 atom stereocenters. The van der Waals surface area contributed by atoms with Crippen molar-refractivity contribution >= 4 is 35.8 Å². The minimum absolute atomic E-state index is 0. The summed E-state index contributed by atoms with van der Waals surface area (Å²) in [7, 11) is 5.51. The van der Waals surface area contributed by atoms with Crippen LogP contribution in [-0.4, -0.2) is 50.1 Å². The number of guanidine groups is 1. The van der Waals surface area contributed by atoms with Crippen molar-refractivity contribution in [3.63, 3.8) is 0 Å². The van der Waals surface area contributed by atoms with Crippen LogP contribution in [0.1, 0.15) is 25.0 Å². The number of anilines is 1. The number of pyridine rings is 1. The number of nitrogens with zero attached hydrogens (tertiary/aromatic N) is 4. The average Bonchev–Trinajstić information content (AvgIpc) is 2.71. The lowest BCUT2D eigenvalue weighted by molar-refractivity contribution is 0.396. The fourth-order valence-electron chi connectivity index (χ4n) is 2.99. The molecular weight excluding hydrogens is 465 g/mol. The van der Waals surface area contributed by atoms with Gasteiger partial charge in [-0.05, 0) is 31.5 Å². The number of nitrogens with one attached hydrogen (secondary N) is 1. The van der Waals surface area contributed by atoms with Gasteiger partial charge in [0.1, 0.15) is 11.6 Å². The standard InChI is InChI=1S/C21H31N5O.HI/c1-6-26(7-2)20-13-12-17(14-23-20)15-24-21(22-3)25(4)16-18-10-8-9-11-19(18)27-5;/h8-14H,6-7,15-16H2,1-5H3,(H,22,24);1H. The van der Waals surface area contributed by atoms with Crippen LogP contribution in [0.2, 0.25) is 0 Å². The molecule has 0 unspecified atom stereocenters. The van der Waals surface area contributed by atoms with Gasteiger partial charge >= 0.3 is 0 Å². The second-order valence-corrected chi connectivity index (χ2v) is 6.27. The van der Waals surface area contributed by atoms with E-state index in [4.69, 9.17) is 4.74 Å². The topological polar surface area (TPSA) is 53.0 Å². The van der Waals surface area contributed by atoms with Crippen molar-refractivity contribution in [1.29, 1.82) is 0 Å². The van der Waals surface area contributed by atoms with E-state index in [9.17, 15) is 0 Å². The lowest BCUT2D eigenvalue weighted by Gasteiger charge is -2.23. The number of rotatable bonds is 8. The summed E-state index contributed by atoms with van der Waals surface area (Å²) in [4.78, 5) is 13.3. The summed E-state index contributed by atoms with van der Waals surface area (Å²) in [5, 5.41) is 3.40. The van der Waals surface area contributed by atoms with Crippen molar-refractivity contribution in [1.82, 2.24) is 15.2 Å². The number of methoxy groups -OCH3 is 1. The number of halogens is 1. The molecule has 0 saturated heterocycles. The van der Waals surface area contributed by atoms with Crippen LogP contribution >= 0.6 is 24.0 Å². The molecule has 2 aromatic rings. The third-order valence-corrected chi connectivity index (χ3v) is 4.52. The van der Waals surface area contributed by atoms with Crippen LogP contribution in [0.4, 0.5) is 5.82 Å². The number of hydrogen-bond acceptors (Lipinski definition) is 4. The van der Waals surface area contributed by atoms with Crippen molar-refractivity contribution in [2.45, 2.75) is 26.9 Å². The third kappa shape index (κ3) is 6.54. The molecule has 0 fully saturated rings. The Morgan fingerprint density at radius 2 is 1.86 bits per heavy atom. The summed E-state index contributed by atoms with van der Waals surface area (Å²) < 4.78 is 5.44. The van der Waals surface area contributed by atoms with Crippen molar-refractivity contribution in [3.05, 3.63) is 53.7 Å². The van der Waals surface area contributed by atoms with E-state index in [1.165, 1.54) is 0 Å². The van der Waals surface area contributed by atoms with Crippen molar-refractivity contribution < 1.29 is 4.74 Å². The number of aliphatic imine (C=N–C) groups is 1. The largest absolute Gasteiger partial charge is 0.496 e. The van der Waals surface area contributed by atoms with E-state index in [1.807, 2.05) is 31.4 Å². The van der Waals surface area contributed by atoms with Crippen LogP contribution in [0.25, 0.3) is 0 Å². The normalized spacial score (nSPS) is 10.8. The predicted octanol–water partition coefficient (Wildman–Crippen LogP) is 3.76. The summed E-state index contributed by atoms with van der Waals surface area (Å²) in [5.74, 6) is 2.73. The summed E-state index contributed by atoms with van der Waals surface area (Å²) in [6.45, 7) is 7.59. The minimum Gasteiger partial charge on any atom is -0.496 e. The first-order valence-electron chi connectivity index (χ1n) is 9.36. The van der Waals surface area contributed by atoms with Gasteiger partial charge in [0.05, 0.1) is 7.11 Å². The maximum atomic E-state index is 5.44. The van der Waals surface area contributed by atoms with E-state index in [2.05, 4.69) is 57.1 Å². The summed E-state index contributed by atoms with van der Waals surface area (Å²) in [6.07, 6.45) is 1.92.